The van der Waals surface area contributed by atoms with Gasteiger partial charge in [0, 0.05) is 5.92 Å². The summed E-state index contributed by atoms with van der Waals surface area (Å²) in [6.45, 7) is 6.58. The van der Waals surface area contributed by atoms with Crippen molar-refractivity contribution in [3.63, 3.8) is 0 Å². The molecule has 4 aliphatic carbocycles. The fourth-order valence-electron chi connectivity index (χ4n) is 7.94. The molecular formula is C21H34O3. The van der Waals surface area contributed by atoms with Crippen LogP contribution in [-0.4, -0.2) is 28.2 Å². The van der Waals surface area contributed by atoms with Crippen molar-refractivity contribution in [2.45, 2.75) is 84.3 Å². The van der Waals surface area contributed by atoms with Gasteiger partial charge < -0.3 is 10.2 Å². The van der Waals surface area contributed by atoms with Gasteiger partial charge in [-0.15, -0.1) is 0 Å². The molecule has 4 fully saturated rings. The smallest absolute Gasteiger partial charge is 0.133 e. The third-order valence-electron chi connectivity index (χ3n) is 9.18. The van der Waals surface area contributed by atoms with Gasteiger partial charge in [-0.05, 0) is 92.8 Å². The molecule has 0 radical (unpaired) electrons. The van der Waals surface area contributed by atoms with Crippen molar-refractivity contribution >= 4 is 5.78 Å². The van der Waals surface area contributed by atoms with E-state index in [0.717, 1.165) is 25.2 Å². The maximum atomic E-state index is 12.2. The number of rotatable bonds is 1. The van der Waals surface area contributed by atoms with Gasteiger partial charge in [-0.25, -0.2) is 0 Å². The van der Waals surface area contributed by atoms with E-state index in [4.69, 9.17) is 0 Å². The number of ketones is 1. The first-order valence-electron chi connectivity index (χ1n) is 10.1. The minimum Gasteiger partial charge on any atom is -0.390 e. The average Bonchev–Trinajstić information content (AvgIpc) is 2.86. The Morgan fingerprint density at radius 2 is 1.62 bits per heavy atom. The number of carbonyl (C=O) groups is 1. The zero-order chi connectivity index (χ0) is 17.3. The second-order valence-electron chi connectivity index (χ2n) is 10.0. The van der Waals surface area contributed by atoms with Crippen molar-refractivity contribution in [2.24, 2.45) is 40.4 Å². The average molecular weight is 335 g/mol. The van der Waals surface area contributed by atoms with Crippen LogP contribution in [-0.2, 0) is 4.79 Å². The van der Waals surface area contributed by atoms with Gasteiger partial charge in [0.05, 0.1) is 12.2 Å². The van der Waals surface area contributed by atoms with Crippen molar-refractivity contribution in [1.82, 2.24) is 0 Å². The Balaban J connectivity index is 1.62. The largest absolute Gasteiger partial charge is 0.390 e. The molecule has 0 aromatic heterocycles. The molecule has 3 heteroatoms. The second kappa shape index (κ2) is 5.54. The molecule has 0 aromatic rings. The summed E-state index contributed by atoms with van der Waals surface area (Å²) in [6.07, 6.45) is 7.60. The first-order chi connectivity index (χ1) is 11.3. The molecule has 0 amide bonds. The zero-order valence-electron chi connectivity index (χ0n) is 15.5. The summed E-state index contributed by atoms with van der Waals surface area (Å²) in [7, 11) is 0. The number of hydrogen-bond acceptors (Lipinski definition) is 3. The Bertz CT molecular complexity index is 531. The minimum atomic E-state index is -0.549. The Kier molecular flexibility index (Phi) is 3.93. The fourth-order valence-corrected chi connectivity index (χ4v) is 7.94. The monoisotopic (exact) mass is 334 g/mol. The lowest BCUT2D eigenvalue weighted by Gasteiger charge is -2.61. The van der Waals surface area contributed by atoms with Crippen LogP contribution in [0.4, 0.5) is 0 Å². The fraction of sp³-hybridized carbons (Fsp3) is 0.952. The molecule has 4 rings (SSSR count). The Labute approximate surface area is 146 Å². The highest BCUT2D eigenvalue weighted by Crippen LogP contribution is 2.67. The maximum Gasteiger partial charge on any atom is 0.133 e. The zero-order valence-corrected chi connectivity index (χ0v) is 15.5. The summed E-state index contributed by atoms with van der Waals surface area (Å²) in [4.78, 5) is 12.2. The van der Waals surface area contributed by atoms with E-state index < -0.39 is 12.2 Å². The molecule has 0 heterocycles. The Morgan fingerprint density at radius 3 is 2.33 bits per heavy atom. The van der Waals surface area contributed by atoms with E-state index >= 15 is 0 Å². The summed E-state index contributed by atoms with van der Waals surface area (Å²) in [6, 6.07) is 0. The summed E-state index contributed by atoms with van der Waals surface area (Å²) < 4.78 is 0. The van der Waals surface area contributed by atoms with Gasteiger partial charge in [-0.3, -0.25) is 4.79 Å². The van der Waals surface area contributed by atoms with Crippen LogP contribution >= 0.6 is 0 Å². The predicted octanol–water partition coefficient (Wildman–Crippen LogP) is 3.57. The van der Waals surface area contributed by atoms with Gasteiger partial charge in [-0.2, -0.15) is 0 Å². The molecule has 0 spiro atoms. The first-order valence-corrected chi connectivity index (χ1v) is 10.1. The van der Waals surface area contributed by atoms with Crippen LogP contribution in [0, 0.1) is 40.4 Å². The number of carbonyl (C=O) groups excluding carboxylic acids is 1. The third-order valence-corrected chi connectivity index (χ3v) is 9.18. The van der Waals surface area contributed by atoms with Gasteiger partial charge in [-0.1, -0.05) is 13.8 Å². The molecule has 0 bridgehead atoms. The van der Waals surface area contributed by atoms with Crippen molar-refractivity contribution in [3.8, 4) is 0 Å². The van der Waals surface area contributed by atoms with E-state index in [-0.39, 0.29) is 16.7 Å². The van der Waals surface area contributed by atoms with Crippen LogP contribution < -0.4 is 0 Å². The number of aliphatic hydroxyl groups excluding tert-OH is 2. The third kappa shape index (κ3) is 2.19. The summed E-state index contributed by atoms with van der Waals surface area (Å²) >= 11 is 0. The van der Waals surface area contributed by atoms with E-state index in [2.05, 4.69) is 13.8 Å². The van der Waals surface area contributed by atoms with Gasteiger partial charge in [0.2, 0.25) is 0 Å². The van der Waals surface area contributed by atoms with E-state index in [1.165, 1.54) is 32.1 Å². The molecule has 9 atom stereocenters. The van der Waals surface area contributed by atoms with Crippen molar-refractivity contribution < 1.29 is 15.0 Å². The number of hydrogen-bond donors (Lipinski definition) is 2. The highest BCUT2D eigenvalue weighted by atomic mass is 16.3. The van der Waals surface area contributed by atoms with Crippen LogP contribution in [0.15, 0.2) is 0 Å². The Morgan fingerprint density at radius 1 is 0.917 bits per heavy atom. The van der Waals surface area contributed by atoms with E-state index in [9.17, 15) is 15.0 Å². The van der Waals surface area contributed by atoms with Gasteiger partial charge >= 0.3 is 0 Å². The second-order valence-corrected chi connectivity index (χ2v) is 10.0. The van der Waals surface area contributed by atoms with Crippen molar-refractivity contribution in [3.05, 3.63) is 0 Å². The van der Waals surface area contributed by atoms with Crippen LogP contribution in [0.5, 0.6) is 0 Å². The van der Waals surface area contributed by atoms with Crippen LogP contribution in [0.2, 0.25) is 0 Å². The van der Waals surface area contributed by atoms with Crippen LogP contribution in [0.3, 0.4) is 0 Å². The predicted molar refractivity (Wildman–Crippen MR) is 93.3 cm³/mol. The van der Waals surface area contributed by atoms with E-state index in [1.54, 1.807) is 6.92 Å². The molecule has 0 saturated heterocycles. The van der Waals surface area contributed by atoms with Gasteiger partial charge in [0.1, 0.15) is 5.78 Å². The lowest BCUT2D eigenvalue weighted by atomic mass is 9.44. The summed E-state index contributed by atoms with van der Waals surface area (Å²) in [5, 5.41) is 20.5. The summed E-state index contributed by atoms with van der Waals surface area (Å²) in [5.41, 5.74) is 0.389. The summed E-state index contributed by atoms with van der Waals surface area (Å²) in [5.74, 6) is 3.31. The number of aliphatic hydroxyl groups is 2. The first kappa shape index (κ1) is 17.0. The maximum absolute atomic E-state index is 12.2. The lowest BCUT2D eigenvalue weighted by Crippen LogP contribution is -2.56. The molecular weight excluding hydrogens is 300 g/mol. The molecule has 3 unspecified atom stereocenters. The molecule has 4 aliphatic rings. The molecule has 2 N–H and O–H groups in total. The highest BCUT2D eigenvalue weighted by molar-refractivity contribution is 5.79. The topological polar surface area (TPSA) is 57.5 Å². The van der Waals surface area contributed by atoms with Crippen molar-refractivity contribution in [1.29, 1.82) is 0 Å². The number of fused-ring (bicyclic) bond motifs is 5. The van der Waals surface area contributed by atoms with Gasteiger partial charge in [0.25, 0.3) is 0 Å². The highest BCUT2D eigenvalue weighted by Gasteiger charge is 2.61. The molecule has 0 aromatic carbocycles. The standard InChI is InChI=1S/C21H34O3/c1-12(22)15-6-7-16-14-5-4-13-10-18(23)19(24)11-21(13,3)17(14)8-9-20(15,16)2/h13-19,23-24H,4-11H2,1-3H3/t13?,14-,15+,16-,17-,18?,19?,20+,21-/m0/s1. The quantitative estimate of drug-likeness (QED) is 0.771. The van der Waals surface area contributed by atoms with E-state index in [0.29, 0.717) is 23.5 Å². The van der Waals surface area contributed by atoms with Crippen molar-refractivity contribution in [2.75, 3.05) is 0 Å². The lowest BCUT2D eigenvalue weighted by molar-refractivity contribution is -0.160. The van der Waals surface area contributed by atoms with Crippen LogP contribution in [0.1, 0.15) is 72.1 Å². The van der Waals surface area contributed by atoms with Gasteiger partial charge in [0.15, 0.2) is 0 Å². The molecule has 0 aliphatic heterocycles. The SMILES string of the molecule is CC(=O)[C@H]1CC[C@H]2[C@@H]3CCC4CC(O)C(O)C[C@]4(C)[C@H]3CC[C@]12C. The Hall–Kier alpha value is -0.410. The molecule has 3 nitrogen and oxygen atoms in total. The molecule has 4 saturated carbocycles. The normalized spacial score (nSPS) is 57.0. The molecule has 136 valence electrons. The molecule has 24 heavy (non-hydrogen) atoms. The number of Topliss-reactive ketones (excluding diaryl/α,β-unsaturated/α-hetero) is 1. The van der Waals surface area contributed by atoms with Crippen LogP contribution in [0.25, 0.3) is 0 Å². The minimum absolute atomic E-state index is 0.178. The van der Waals surface area contributed by atoms with E-state index in [1.807, 2.05) is 0 Å².